The fraction of sp³-hybridized carbons (Fsp3) is 0.0909. The van der Waals surface area contributed by atoms with Gasteiger partial charge in [-0.2, -0.15) is 4.98 Å². The molecule has 0 aliphatic carbocycles. The molecule has 6 heteroatoms. The molecule has 0 spiro atoms. The van der Waals surface area contributed by atoms with Crippen LogP contribution < -0.4 is 15.4 Å². The first-order valence-corrected chi connectivity index (χ1v) is 9.26. The van der Waals surface area contributed by atoms with Crippen molar-refractivity contribution in [3.63, 3.8) is 0 Å². The third-order valence-corrected chi connectivity index (χ3v) is 4.72. The number of aromatic nitrogens is 2. The van der Waals surface area contributed by atoms with E-state index in [2.05, 4.69) is 20.6 Å². The van der Waals surface area contributed by atoms with Gasteiger partial charge < -0.3 is 15.4 Å². The number of benzene rings is 3. The van der Waals surface area contributed by atoms with Gasteiger partial charge in [-0.1, -0.05) is 41.9 Å². The molecule has 3 aromatic carbocycles. The predicted octanol–water partition coefficient (Wildman–Crippen LogP) is 5.65. The Labute approximate surface area is 168 Å². The van der Waals surface area contributed by atoms with Crippen molar-refractivity contribution in [1.82, 2.24) is 9.97 Å². The first kappa shape index (κ1) is 18.1. The van der Waals surface area contributed by atoms with E-state index >= 15 is 0 Å². The minimum atomic E-state index is 0.519. The van der Waals surface area contributed by atoms with Crippen LogP contribution in [0.4, 0.5) is 17.5 Å². The molecule has 1 heterocycles. The molecule has 2 N–H and O–H groups in total. The lowest BCUT2D eigenvalue weighted by Gasteiger charge is -2.13. The zero-order valence-electron chi connectivity index (χ0n) is 15.3. The molecule has 0 bridgehead atoms. The van der Waals surface area contributed by atoms with Gasteiger partial charge in [0.1, 0.15) is 11.6 Å². The van der Waals surface area contributed by atoms with Crippen LogP contribution in [0.25, 0.3) is 10.9 Å². The highest BCUT2D eigenvalue weighted by Gasteiger charge is 2.09. The average Bonchev–Trinajstić information content (AvgIpc) is 2.73. The molecule has 0 aliphatic heterocycles. The van der Waals surface area contributed by atoms with Gasteiger partial charge in [0.25, 0.3) is 0 Å². The second-order valence-corrected chi connectivity index (χ2v) is 6.62. The number of hydrogen-bond donors (Lipinski definition) is 2. The van der Waals surface area contributed by atoms with Gasteiger partial charge in [-0.05, 0) is 48.0 Å². The lowest BCUT2D eigenvalue weighted by Crippen LogP contribution is -2.06. The minimum Gasteiger partial charge on any atom is -0.497 e. The molecule has 140 valence electrons. The van der Waals surface area contributed by atoms with Crippen LogP contribution in [0.15, 0.2) is 72.8 Å². The highest BCUT2D eigenvalue weighted by atomic mass is 35.5. The van der Waals surface area contributed by atoms with Crippen molar-refractivity contribution in [2.24, 2.45) is 0 Å². The molecule has 4 aromatic rings. The number of nitrogens with zero attached hydrogens (tertiary/aromatic N) is 2. The van der Waals surface area contributed by atoms with Gasteiger partial charge in [0, 0.05) is 22.6 Å². The molecule has 0 saturated heterocycles. The summed E-state index contributed by atoms with van der Waals surface area (Å²) < 4.78 is 5.20. The molecule has 0 atom stereocenters. The van der Waals surface area contributed by atoms with E-state index in [4.69, 9.17) is 16.3 Å². The molecular formula is C22H19ClN4O. The molecule has 0 saturated carbocycles. The Morgan fingerprint density at radius 1 is 0.893 bits per heavy atom. The second kappa shape index (κ2) is 8.15. The van der Waals surface area contributed by atoms with Gasteiger partial charge in [0.15, 0.2) is 0 Å². The number of ether oxygens (including phenoxy) is 1. The fourth-order valence-electron chi connectivity index (χ4n) is 2.89. The van der Waals surface area contributed by atoms with Gasteiger partial charge in [-0.15, -0.1) is 0 Å². The minimum absolute atomic E-state index is 0.519. The Bertz CT molecular complexity index is 1100. The van der Waals surface area contributed by atoms with Crippen LogP contribution in [-0.4, -0.2) is 17.1 Å². The third-order valence-electron chi connectivity index (χ3n) is 4.35. The molecule has 0 fully saturated rings. The topological polar surface area (TPSA) is 59.1 Å². The van der Waals surface area contributed by atoms with Crippen molar-refractivity contribution >= 4 is 40.0 Å². The highest BCUT2D eigenvalue weighted by Crippen LogP contribution is 2.25. The molecular weight excluding hydrogens is 372 g/mol. The molecule has 0 aliphatic rings. The maximum absolute atomic E-state index is 6.28. The Hall–Kier alpha value is -3.31. The summed E-state index contributed by atoms with van der Waals surface area (Å²) in [4.78, 5) is 9.30. The van der Waals surface area contributed by atoms with Crippen LogP contribution in [0.3, 0.4) is 0 Å². The van der Waals surface area contributed by atoms with E-state index in [-0.39, 0.29) is 0 Å². The van der Waals surface area contributed by atoms with Crippen molar-refractivity contribution in [3.05, 3.63) is 83.4 Å². The summed E-state index contributed by atoms with van der Waals surface area (Å²) in [6.45, 7) is 0.572. The van der Waals surface area contributed by atoms with Crippen LogP contribution in [0.2, 0.25) is 5.02 Å². The Balaban J connectivity index is 1.63. The van der Waals surface area contributed by atoms with Gasteiger partial charge in [-0.25, -0.2) is 4.98 Å². The van der Waals surface area contributed by atoms with Gasteiger partial charge in [0.05, 0.1) is 12.6 Å². The summed E-state index contributed by atoms with van der Waals surface area (Å²) in [6.07, 6.45) is 0. The average molecular weight is 391 g/mol. The summed E-state index contributed by atoms with van der Waals surface area (Å²) in [5, 5.41) is 8.33. The summed E-state index contributed by atoms with van der Waals surface area (Å²) in [5.74, 6) is 2.07. The molecule has 0 unspecified atom stereocenters. The second-order valence-electron chi connectivity index (χ2n) is 6.21. The summed E-state index contributed by atoms with van der Waals surface area (Å²) in [6, 6.07) is 23.3. The van der Waals surface area contributed by atoms with E-state index < -0.39 is 0 Å². The van der Waals surface area contributed by atoms with Crippen molar-refractivity contribution in [2.75, 3.05) is 17.7 Å². The van der Waals surface area contributed by atoms with Crippen LogP contribution >= 0.6 is 11.6 Å². The standard InChI is InChI=1S/C22H19ClN4O/c1-28-17-12-10-16(11-13-17)25-22-26-20-9-5-3-7-18(20)21(27-22)24-14-15-6-2-4-8-19(15)23/h2-13H,14H2,1H3,(H2,24,25,26,27). The van der Waals surface area contributed by atoms with E-state index in [1.54, 1.807) is 7.11 Å². The first-order chi connectivity index (χ1) is 13.7. The van der Waals surface area contributed by atoms with Crippen LogP contribution in [-0.2, 0) is 6.54 Å². The number of halogens is 1. The molecule has 28 heavy (non-hydrogen) atoms. The Kier molecular flexibility index (Phi) is 5.26. The lowest BCUT2D eigenvalue weighted by atomic mass is 10.2. The van der Waals surface area contributed by atoms with E-state index in [9.17, 15) is 0 Å². The number of fused-ring (bicyclic) bond motifs is 1. The zero-order chi connectivity index (χ0) is 19.3. The van der Waals surface area contributed by atoms with E-state index in [1.165, 1.54) is 0 Å². The number of methoxy groups -OCH3 is 1. The van der Waals surface area contributed by atoms with E-state index in [0.29, 0.717) is 12.5 Å². The van der Waals surface area contributed by atoms with Crippen molar-refractivity contribution in [2.45, 2.75) is 6.54 Å². The van der Waals surface area contributed by atoms with E-state index in [0.717, 1.165) is 38.7 Å². The van der Waals surface area contributed by atoms with Crippen molar-refractivity contribution in [1.29, 1.82) is 0 Å². The van der Waals surface area contributed by atoms with Crippen LogP contribution in [0.5, 0.6) is 5.75 Å². The SMILES string of the molecule is COc1ccc(Nc2nc(NCc3ccccc3Cl)c3ccccc3n2)cc1. The maximum atomic E-state index is 6.28. The monoisotopic (exact) mass is 390 g/mol. The highest BCUT2D eigenvalue weighted by molar-refractivity contribution is 6.31. The van der Waals surface area contributed by atoms with Crippen molar-refractivity contribution in [3.8, 4) is 5.75 Å². The van der Waals surface area contributed by atoms with Gasteiger partial charge in [-0.3, -0.25) is 0 Å². The number of para-hydroxylation sites is 1. The number of nitrogens with one attached hydrogen (secondary N) is 2. The van der Waals surface area contributed by atoms with Crippen LogP contribution in [0, 0.1) is 0 Å². The van der Waals surface area contributed by atoms with Crippen molar-refractivity contribution < 1.29 is 4.74 Å². The maximum Gasteiger partial charge on any atom is 0.229 e. The van der Waals surface area contributed by atoms with E-state index in [1.807, 2.05) is 72.8 Å². The summed E-state index contributed by atoms with van der Waals surface area (Å²) in [7, 11) is 1.64. The normalized spacial score (nSPS) is 10.6. The molecule has 5 nitrogen and oxygen atoms in total. The molecule has 1 aromatic heterocycles. The molecule has 4 rings (SSSR count). The van der Waals surface area contributed by atoms with Gasteiger partial charge >= 0.3 is 0 Å². The Morgan fingerprint density at radius 2 is 1.64 bits per heavy atom. The third kappa shape index (κ3) is 4.00. The number of hydrogen-bond acceptors (Lipinski definition) is 5. The van der Waals surface area contributed by atoms with Gasteiger partial charge in [0.2, 0.25) is 5.95 Å². The molecule has 0 radical (unpaired) electrons. The first-order valence-electron chi connectivity index (χ1n) is 8.88. The summed E-state index contributed by atoms with van der Waals surface area (Å²) in [5.41, 5.74) is 2.75. The fourth-order valence-corrected chi connectivity index (χ4v) is 3.09. The largest absolute Gasteiger partial charge is 0.497 e. The lowest BCUT2D eigenvalue weighted by molar-refractivity contribution is 0.415. The molecule has 0 amide bonds. The number of rotatable bonds is 6. The quantitative estimate of drug-likeness (QED) is 0.445. The predicted molar refractivity (Wildman–Crippen MR) is 115 cm³/mol. The van der Waals surface area contributed by atoms with Crippen LogP contribution in [0.1, 0.15) is 5.56 Å². The zero-order valence-corrected chi connectivity index (χ0v) is 16.1. The summed E-state index contributed by atoms with van der Waals surface area (Å²) >= 11 is 6.28. The Morgan fingerprint density at radius 3 is 2.43 bits per heavy atom. The number of anilines is 3. The smallest absolute Gasteiger partial charge is 0.229 e.